The Morgan fingerprint density at radius 3 is 2.54 bits per heavy atom. The van der Waals surface area contributed by atoms with Gasteiger partial charge in [0.2, 0.25) is 5.91 Å². The number of carbonyl (C=O) groups is 1. The van der Waals surface area contributed by atoms with Crippen molar-refractivity contribution in [3.8, 4) is 11.3 Å². The standard InChI is InChI=1S/C19H17N3OS/c1-13-2-4-14(5-3-13)6-11-18(23)22-19-21-17(12-24-19)15-7-9-16(20)10-8-15/h2-12H,20H2,1H3,(H,21,22,23)/b11-6+. The van der Waals surface area contributed by atoms with Gasteiger partial charge in [-0.1, -0.05) is 42.0 Å². The molecule has 120 valence electrons. The van der Waals surface area contributed by atoms with Gasteiger partial charge in [0.1, 0.15) is 0 Å². The lowest BCUT2D eigenvalue weighted by Gasteiger charge is -1.98. The van der Waals surface area contributed by atoms with Crippen molar-refractivity contribution in [2.24, 2.45) is 0 Å². The molecule has 0 aliphatic heterocycles. The Morgan fingerprint density at radius 1 is 1.12 bits per heavy atom. The largest absolute Gasteiger partial charge is 0.399 e. The summed E-state index contributed by atoms with van der Waals surface area (Å²) in [6, 6.07) is 15.5. The quantitative estimate of drug-likeness (QED) is 0.550. The minimum Gasteiger partial charge on any atom is -0.399 e. The van der Waals surface area contributed by atoms with E-state index in [1.54, 1.807) is 6.08 Å². The maximum atomic E-state index is 12.0. The van der Waals surface area contributed by atoms with Crippen molar-refractivity contribution in [1.82, 2.24) is 4.98 Å². The van der Waals surface area contributed by atoms with Crippen LogP contribution in [0.3, 0.4) is 0 Å². The van der Waals surface area contributed by atoms with Crippen molar-refractivity contribution in [1.29, 1.82) is 0 Å². The van der Waals surface area contributed by atoms with Crippen LogP contribution in [0.1, 0.15) is 11.1 Å². The molecule has 0 atom stereocenters. The fraction of sp³-hybridized carbons (Fsp3) is 0.0526. The van der Waals surface area contributed by atoms with Gasteiger partial charge >= 0.3 is 0 Å². The number of aryl methyl sites for hydroxylation is 1. The fourth-order valence-electron chi connectivity index (χ4n) is 2.11. The Balaban J connectivity index is 1.64. The second-order valence-electron chi connectivity index (χ2n) is 5.39. The zero-order valence-electron chi connectivity index (χ0n) is 13.2. The zero-order chi connectivity index (χ0) is 16.9. The lowest BCUT2D eigenvalue weighted by atomic mass is 10.1. The Hall–Kier alpha value is -2.92. The van der Waals surface area contributed by atoms with Gasteiger partial charge in [0.15, 0.2) is 5.13 Å². The predicted molar refractivity (Wildman–Crippen MR) is 101 cm³/mol. The van der Waals surface area contributed by atoms with E-state index in [1.807, 2.05) is 60.8 Å². The van der Waals surface area contributed by atoms with E-state index < -0.39 is 0 Å². The van der Waals surface area contributed by atoms with E-state index in [-0.39, 0.29) is 5.91 Å². The first-order chi connectivity index (χ1) is 11.6. The number of rotatable bonds is 4. The number of anilines is 2. The Morgan fingerprint density at radius 2 is 1.83 bits per heavy atom. The van der Waals surface area contributed by atoms with Crippen molar-refractivity contribution in [2.45, 2.75) is 6.92 Å². The molecule has 4 nitrogen and oxygen atoms in total. The summed E-state index contributed by atoms with van der Waals surface area (Å²) in [5.41, 5.74) is 10.4. The molecule has 0 unspecified atom stereocenters. The van der Waals surface area contributed by atoms with E-state index in [0.29, 0.717) is 10.8 Å². The van der Waals surface area contributed by atoms with E-state index in [2.05, 4.69) is 10.3 Å². The summed E-state index contributed by atoms with van der Waals surface area (Å²) >= 11 is 1.39. The first-order valence-electron chi connectivity index (χ1n) is 7.47. The van der Waals surface area contributed by atoms with E-state index in [9.17, 15) is 4.79 Å². The molecule has 0 spiro atoms. The predicted octanol–water partition coefficient (Wildman–Crippen LogP) is 4.35. The second-order valence-corrected chi connectivity index (χ2v) is 6.25. The van der Waals surface area contributed by atoms with Crippen LogP contribution in [0.25, 0.3) is 17.3 Å². The molecule has 0 aliphatic rings. The molecule has 1 heterocycles. The summed E-state index contributed by atoms with van der Waals surface area (Å²) in [5.74, 6) is -0.200. The lowest BCUT2D eigenvalue weighted by Crippen LogP contribution is -2.07. The van der Waals surface area contributed by atoms with Crippen molar-refractivity contribution < 1.29 is 4.79 Å². The molecule has 0 aliphatic carbocycles. The number of aromatic nitrogens is 1. The Labute approximate surface area is 144 Å². The fourth-order valence-corrected chi connectivity index (χ4v) is 2.84. The number of benzene rings is 2. The van der Waals surface area contributed by atoms with Gasteiger partial charge in [0.25, 0.3) is 0 Å². The number of nitrogen functional groups attached to an aromatic ring is 1. The number of carbonyl (C=O) groups excluding carboxylic acids is 1. The van der Waals surface area contributed by atoms with Crippen LogP contribution in [-0.4, -0.2) is 10.9 Å². The number of hydrogen-bond acceptors (Lipinski definition) is 4. The minimum atomic E-state index is -0.200. The van der Waals surface area contributed by atoms with Crippen LogP contribution >= 0.6 is 11.3 Å². The SMILES string of the molecule is Cc1ccc(/C=C/C(=O)Nc2nc(-c3ccc(N)cc3)cs2)cc1. The van der Waals surface area contributed by atoms with Crippen LogP contribution in [-0.2, 0) is 4.79 Å². The maximum absolute atomic E-state index is 12.0. The highest BCUT2D eigenvalue weighted by atomic mass is 32.1. The van der Waals surface area contributed by atoms with Gasteiger partial charge in [-0.2, -0.15) is 0 Å². The lowest BCUT2D eigenvalue weighted by molar-refractivity contribution is -0.111. The molecular weight excluding hydrogens is 318 g/mol. The normalized spacial score (nSPS) is 10.9. The third kappa shape index (κ3) is 4.08. The summed E-state index contributed by atoms with van der Waals surface area (Å²) in [6.45, 7) is 2.03. The van der Waals surface area contributed by atoms with Crippen LogP contribution < -0.4 is 11.1 Å². The van der Waals surface area contributed by atoms with Gasteiger partial charge < -0.3 is 5.73 Å². The number of nitrogens with one attached hydrogen (secondary N) is 1. The van der Waals surface area contributed by atoms with Crippen LogP contribution in [0.15, 0.2) is 60.0 Å². The van der Waals surface area contributed by atoms with Crippen LogP contribution in [0.5, 0.6) is 0 Å². The van der Waals surface area contributed by atoms with Gasteiger partial charge in [-0.05, 0) is 30.7 Å². The zero-order valence-corrected chi connectivity index (χ0v) is 14.0. The monoisotopic (exact) mass is 335 g/mol. The number of amides is 1. The molecule has 0 fully saturated rings. The summed E-state index contributed by atoms with van der Waals surface area (Å²) in [4.78, 5) is 16.4. The maximum Gasteiger partial charge on any atom is 0.250 e. The summed E-state index contributed by atoms with van der Waals surface area (Å²) < 4.78 is 0. The molecule has 1 aromatic heterocycles. The van der Waals surface area contributed by atoms with E-state index in [1.165, 1.54) is 23.0 Å². The smallest absolute Gasteiger partial charge is 0.250 e. The average Bonchev–Trinajstić information content (AvgIpc) is 3.03. The molecule has 0 radical (unpaired) electrons. The van der Waals surface area contributed by atoms with Crippen molar-refractivity contribution in [2.75, 3.05) is 11.1 Å². The average molecular weight is 335 g/mol. The number of nitrogens with zero attached hydrogens (tertiary/aromatic N) is 1. The van der Waals surface area contributed by atoms with Crippen molar-refractivity contribution in [3.63, 3.8) is 0 Å². The summed E-state index contributed by atoms with van der Waals surface area (Å²) in [5, 5.41) is 5.26. The highest BCUT2D eigenvalue weighted by Crippen LogP contribution is 2.25. The molecule has 0 saturated carbocycles. The van der Waals surface area contributed by atoms with Gasteiger partial charge in [-0.15, -0.1) is 11.3 Å². The minimum absolute atomic E-state index is 0.200. The van der Waals surface area contributed by atoms with Gasteiger partial charge in [-0.25, -0.2) is 4.98 Å². The van der Waals surface area contributed by atoms with E-state index >= 15 is 0 Å². The molecule has 1 amide bonds. The Bertz CT molecular complexity index is 864. The molecule has 0 saturated heterocycles. The molecular formula is C19H17N3OS. The number of hydrogen-bond donors (Lipinski definition) is 2. The number of nitrogens with two attached hydrogens (primary N) is 1. The molecule has 24 heavy (non-hydrogen) atoms. The van der Waals surface area contributed by atoms with Gasteiger partial charge in [0, 0.05) is 22.7 Å². The third-order valence-corrected chi connectivity index (χ3v) is 4.20. The molecule has 3 rings (SSSR count). The third-order valence-electron chi connectivity index (χ3n) is 3.45. The van der Waals surface area contributed by atoms with Crippen LogP contribution in [0.2, 0.25) is 0 Å². The summed E-state index contributed by atoms with van der Waals surface area (Å²) in [6.07, 6.45) is 3.29. The van der Waals surface area contributed by atoms with Gasteiger partial charge in [-0.3, -0.25) is 10.1 Å². The highest BCUT2D eigenvalue weighted by Gasteiger charge is 2.06. The second kappa shape index (κ2) is 7.10. The topological polar surface area (TPSA) is 68.0 Å². The molecule has 3 aromatic rings. The van der Waals surface area contributed by atoms with E-state index in [4.69, 9.17) is 5.73 Å². The highest BCUT2D eigenvalue weighted by molar-refractivity contribution is 7.14. The van der Waals surface area contributed by atoms with Crippen LogP contribution in [0, 0.1) is 6.92 Å². The van der Waals surface area contributed by atoms with Crippen molar-refractivity contribution in [3.05, 3.63) is 71.1 Å². The number of thiazole rings is 1. The molecule has 3 N–H and O–H groups in total. The first kappa shape index (κ1) is 16.0. The first-order valence-corrected chi connectivity index (χ1v) is 8.35. The van der Waals surface area contributed by atoms with Crippen LogP contribution in [0.4, 0.5) is 10.8 Å². The molecule has 0 bridgehead atoms. The Kier molecular flexibility index (Phi) is 4.72. The summed E-state index contributed by atoms with van der Waals surface area (Å²) in [7, 11) is 0. The van der Waals surface area contributed by atoms with E-state index in [0.717, 1.165) is 16.8 Å². The van der Waals surface area contributed by atoms with Crippen molar-refractivity contribution >= 4 is 34.1 Å². The van der Waals surface area contributed by atoms with Gasteiger partial charge in [0.05, 0.1) is 5.69 Å². The molecule has 5 heteroatoms. The molecule has 2 aromatic carbocycles.